The van der Waals surface area contributed by atoms with Gasteiger partial charge in [-0.25, -0.2) is 14.2 Å². The summed E-state index contributed by atoms with van der Waals surface area (Å²) in [4.78, 5) is 35.7. The second kappa shape index (κ2) is 7.77. The van der Waals surface area contributed by atoms with Crippen LogP contribution >= 0.6 is 11.3 Å². The van der Waals surface area contributed by atoms with Gasteiger partial charge >= 0.3 is 5.76 Å². The summed E-state index contributed by atoms with van der Waals surface area (Å²) >= 11 is 1.20. The largest absolute Gasteiger partial charge is 0.420 e. The number of amides is 1. The molecule has 154 valence electrons. The summed E-state index contributed by atoms with van der Waals surface area (Å²) in [5, 5.41) is 0.330. The van der Waals surface area contributed by atoms with Crippen molar-refractivity contribution in [2.75, 3.05) is 4.90 Å². The number of benzene rings is 2. The Morgan fingerprint density at radius 2 is 1.94 bits per heavy atom. The minimum absolute atomic E-state index is 0.131. The van der Waals surface area contributed by atoms with Gasteiger partial charge in [0.2, 0.25) is 5.91 Å². The highest BCUT2D eigenvalue weighted by molar-refractivity contribution is 7.22. The van der Waals surface area contributed by atoms with Crippen LogP contribution in [0.1, 0.15) is 5.69 Å². The Balaban J connectivity index is 1.55. The summed E-state index contributed by atoms with van der Waals surface area (Å²) in [7, 11) is 0. The lowest BCUT2D eigenvalue weighted by Gasteiger charge is -2.19. The van der Waals surface area contributed by atoms with Crippen molar-refractivity contribution in [3.05, 3.63) is 88.9 Å². The van der Waals surface area contributed by atoms with E-state index in [0.717, 1.165) is 0 Å². The van der Waals surface area contributed by atoms with E-state index in [1.165, 1.54) is 26.9 Å². The molecule has 7 nitrogen and oxygen atoms in total. The summed E-state index contributed by atoms with van der Waals surface area (Å²) in [6.45, 7) is -0.118. The van der Waals surface area contributed by atoms with Crippen LogP contribution in [-0.2, 0) is 17.9 Å². The van der Waals surface area contributed by atoms with Crippen molar-refractivity contribution in [3.8, 4) is 0 Å². The molecular weight excluding hydrogens is 419 g/mol. The molecule has 0 N–H and O–H groups in total. The Labute approximate surface area is 179 Å². The summed E-state index contributed by atoms with van der Waals surface area (Å²) in [5.74, 6) is -1.47. The van der Waals surface area contributed by atoms with Crippen LogP contribution in [0.2, 0.25) is 0 Å². The third kappa shape index (κ3) is 3.59. The molecule has 0 radical (unpaired) electrons. The normalized spacial score (nSPS) is 11.3. The molecule has 5 rings (SSSR count). The van der Waals surface area contributed by atoms with Gasteiger partial charge in [0, 0.05) is 6.20 Å². The Bertz CT molecular complexity index is 1460. The molecule has 31 heavy (non-hydrogen) atoms. The average molecular weight is 434 g/mol. The number of aromatic nitrogens is 3. The number of oxazole rings is 1. The van der Waals surface area contributed by atoms with E-state index in [4.69, 9.17) is 4.42 Å². The minimum Gasteiger partial charge on any atom is -0.408 e. The second-order valence-electron chi connectivity index (χ2n) is 6.81. The average Bonchev–Trinajstić information content (AvgIpc) is 3.35. The van der Waals surface area contributed by atoms with Gasteiger partial charge in [0.05, 0.1) is 22.5 Å². The molecule has 9 heteroatoms. The fraction of sp³-hybridized carbons (Fsp3) is 0.0909. The maximum absolute atomic E-state index is 14.2. The fourth-order valence-electron chi connectivity index (χ4n) is 3.32. The van der Waals surface area contributed by atoms with Crippen molar-refractivity contribution < 1.29 is 13.6 Å². The van der Waals surface area contributed by atoms with Crippen LogP contribution in [0.25, 0.3) is 21.3 Å². The number of carbonyl (C=O) groups is 1. The number of hydrogen-bond acceptors (Lipinski definition) is 6. The number of para-hydroxylation sites is 3. The number of pyridine rings is 1. The molecular formula is C22H15FN4O3S. The Morgan fingerprint density at radius 3 is 2.74 bits per heavy atom. The van der Waals surface area contributed by atoms with Crippen molar-refractivity contribution in [2.24, 2.45) is 0 Å². The molecule has 5 aromatic rings. The van der Waals surface area contributed by atoms with Crippen molar-refractivity contribution in [1.29, 1.82) is 0 Å². The van der Waals surface area contributed by atoms with Crippen molar-refractivity contribution in [3.63, 3.8) is 0 Å². The van der Waals surface area contributed by atoms with E-state index in [9.17, 15) is 14.0 Å². The lowest BCUT2D eigenvalue weighted by molar-refractivity contribution is -0.119. The number of carbonyl (C=O) groups excluding carboxylic acids is 1. The Hall–Kier alpha value is -3.85. The van der Waals surface area contributed by atoms with Crippen LogP contribution in [0, 0.1) is 5.82 Å². The Morgan fingerprint density at radius 1 is 1.10 bits per heavy atom. The van der Waals surface area contributed by atoms with E-state index in [-0.39, 0.29) is 18.6 Å². The van der Waals surface area contributed by atoms with Crippen LogP contribution in [0.4, 0.5) is 9.52 Å². The molecule has 0 aliphatic rings. The lowest BCUT2D eigenvalue weighted by Crippen LogP contribution is -2.35. The quantitative estimate of drug-likeness (QED) is 0.418. The van der Waals surface area contributed by atoms with Gasteiger partial charge in [0.25, 0.3) is 0 Å². The number of fused-ring (bicyclic) bond motifs is 2. The summed E-state index contributed by atoms with van der Waals surface area (Å²) in [6, 6.07) is 16.9. The molecule has 1 amide bonds. The molecule has 0 atom stereocenters. The predicted octanol–water partition coefficient (Wildman–Crippen LogP) is 3.97. The first kappa shape index (κ1) is 19.1. The number of halogens is 1. The smallest absolute Gasteiger partial charge is 0.408 e. The van der Waals surface area contributed by atoms with Gasteiger partial charge in [-0.05, 0) is 36.4 Å². The van der Waals surface area contributed by atoms with Gasteiger partial charge in [-0.1, -0.05) is 35.6 Å². The SMILES string of the molecule is O=C(Cn1c(=O)oc2ccccc21)N(Cc1ccccn1)c1nc2c(F)cccc2s1. The molecule has 0 saturated heterocycles. The zero-order chi connectivity index (χ0) is 21.4. The van der Waals surface area contributed by atoms with Crippen molar-refractivity contribution >= 4 is 43.7 Å². The Kier molecular flexibility index (Phi) is 4.79. The maximum Gasteiger partial charge on any atom is 0.420 e. The zero-order valence-electron chi connectivity index (χ0n) is 16.1. The number of thiazole rings is 1. The van der Waals surface area contributed by atoms with E-state index in [1.807, 2.05) is 6.07 Å². The van der Waals surface area contributed by atoms with Crippen LogP contribution in [0.5, 0.6) is 0 Å². The number of hydrogen-bond donors (Lipinski definition) is 0. The highest BCUT2D eigenvalue weighted by atomic mass is 32.1. The molecule has 0 aliphatic heterocycles. The van der Waals surface area contributed by atoms with Crippen LogP contribution < -0.4 is 10.7 Å². The minimum atomic E-state index is -0.623. The topological polar surface area (TPSA) is 81.2 Å². The van der Waals surface area contributed by atoms with E-state index < -0.39 is 17.5 Å². The first-order chi connectivity index (χ1) is 15.1. The third-order valence-electron chi connectivity index (χ3n) is 4.80. The van der Waals surface area contributed by atoms with Gasteiger partial charge in [-0.2, -0.15) is 0 Å². The standard InChI is InChI=1S/C22H15FN4O3S/c23-15-7-5-10-18-20(15)25-21(31-18)27(12-14-6-3-4-11-24-14)19(28)13-26-16-8-1-2-9-17(16)30-22(26)29/h1-11H,12-13H2. The highest BCUT2D eigenvalue weighted by Gasteiger charge is 2.23. The number of nitrogens with zero attached hydrogens (tertiary/aromatic N) is 4. The summed E-state index contributed by atoms with van der Waals surface area (Å²) in [5.41, 5.74) is 1.76. The monoisotopic (exact) mass is 434 g/mol. The number of anilines is 1. The van der Waals surface area contributed by atoms with Crippen LogP contribution in [0.15, 0.2) is 76.1 Å². The fourth-order valence-corrected chi connectivity index (χ4v) is 4.32. The van der Waals surface area contributed by atoms with E-state index in [2.05, 4.69) is 9.97 Å². The van der Waals surface area contributed by atoms with Crippen molar-refractivity contribution in [1.82, 2.24) is 14.5 Å². The second-order valence-corrected chi connectivity index (χ2v) is 7.81. The summed E-state index contributed by atoms with van der Waals surface area (Å²) in [6.07, 6.45) is 1.63. The van der Waals surface area contributed by atoms with Gasteiger partial charge in [-0.3, -0.25) is 19.2 Å². The summed E-state index contributed by atoms with van der Waals surface area (Å²) < 4.78 is 21.3. The lowest BCUT2D eigenvalue weighted by atomic mass is 10.3. The molecule has 3 aromatic heterocycles. The molecule has 0 spiro atoms. The van der Waals surface area contributed by atoms with Crippen molar-refractivity contribution in [2.45, 2.75) is 13.1 Å². The maximum atomic E-state index is 14.2. The van der Waals surface area contributed by atoms with E-state index in [1.54, 1.807) is 54.7 Å². The molecule has 2 aromatic carbocycles. The van der Waals surface area contributed by atoms with Gasteiger partial charge in [0.1, 0.15) is 17.9 Å². The first-order valence-electron chi connectivity index (χ1n) is 9.44. The van der Waals surface area contributed by atoms with E-state index in [0.29, 0.717) is 26.6 Å². The molecule has 0 saturated carbocycles. The highest BCUT2D eigenvalue weighted by Crippen LogP contribution is 2.31. The molecule has 0 unspecified atom stereocenters. The van der Waals surface area contributed by atoms with Crippen LogP contribution in [0.3, 0.4) is 0 Å². The van der Waals surface area contributed by atoms with Gasteiger partial charge < -0.3 is 4.42 Å². The molecule has 0 aliphatic carbocycles. The zero-order valence-corrected chi connectivity index (χ0v) is 16.9. The molecule has 0 bridgehead atoms. The predicted molar refractivity (Wildman–Crippen MR) is 115 cm³/mol. The third-order valence-corrected chi connectivity index (χ3v) is 5.85. The molecule has 0 fully saturated rings. The van der Waals surface area contributed by atoms with Gasteiger partial charge in [0.15, 0.2) is 10.7 Å². The van der Waals surface area contributed by atoms with Crippen LogP contribution in [-0.4, -0.2) is 20.4 Å². The van der Waals surface area contributed by atoms with E-state index >= 15 is 0 Å². The first-order valence-corrected chi connectivity index (χ1v) is 10.3. The molecule has 3 heterocycles. The van der Waals surface area contributed by atoms with Gasteiger partial charge in [-0.15, -0.1) is 0 Å². The number of rotatable bonds is 5.